The van der Waals surface area contributed by atoms with Crippen molar-refractivity contribution in [2.24, 2.45) is 0 Å². The average Bonchev–Trinajstić information content (AvgIpc) is 2.78. The lowest BCUT2D eigenvalue weighted by molar-refractivity contribution is -0.115. The Labute approximate surface area is 207 Å². The fourth-order valence-corrected chi connectivity index (χ4v) is 3.72. The molecule has 0 aliphatic heterocycles. The molecule has 0 fully saturated rings. The molecule has 184 valence electrons. The number of carbonyl (C=O) groups is 2. The lowest BCUT2D eigenvalue weighted by atomic mass is 9.84. The Balaban J connectivity index is 1.88. The summed E-state index contributed by atoms with van der Waals surface area (Å²) in [5, 5.41) is 23.5. The molecule has 0 spiro atoms. The lowest BCUT2D eigenvalue weighted by Crippen LogP contribution is -2.15. The van der Waals surface area contributed by atoms with E-state index in [0.717, 1.165) is 28.1 Å². The molecule has 0 saturated carbocycles. The van der Waals surface area contributed by atoms with Crippen LogP contribution in [-0.4, -0.2) is 16.9 Å². The molecule has 3 rings (SSSR count). The Hall–Kier alpha value is -4.00. The average molecular weight is 475 g/mol. The normalized spacial score (nSPS) is 11.0. The van der Waals surface area contributed by atoms with E-state index in [1.165, 1.54) is 13.8 Å². The Kier molecular flexibility index (Phi) is 8.02. The molecule has 2 amide bonds. The minimum Gasteiger partial charge on any atom is -0.507 e. The summed E-state index contributed by atoms with van der Waals surface area (Å²) in [6.45, 7) is 10.1. The first-order valence-electron chi connectivity index (χ1n) is 11.6. The topological polar surface area (TPSA) is 102 Å². The van der Waals surface area contributed by atoms with Crippen LogP contribution in [0.15, 0.2) is 60.7 Å². The molecule has 0 bridgehead atoms. The summed E-state index contributed by atoms with van der Waals surface area (Å²) >= 11 is 0. The van der Waals surface area contributed by atoms with Crippen LogP contribution < -0.4 is 21.3 Å². The van der Waals surface area contributed by atoms with Gasteiger partial charge in [-0.2, -0.15) is 0 Å². The number of anilines is 4. The van der Waals surface area contributed by atoms with Crippen molar-refractivity contribution in [2.45, 2.75) is 53.1 Å². The predicted molar refractivity (Wildman–Crippen MR) is 143 cm³/mol. The van der Waals surface area contributed by atoms with E-state index in [2.05, 4.69) is 42.0 Å². The zero-order valence-electron chi connectivity index (χ0n) is 21.0. The van der Waals surface area contributed by atoms with E-state index in [1.807, 2.05) is 60.7 Å². The maximum atomic E-state index is 11.6. The molecule has 0 heterocycles. The van der Waals surface area contributed by atoms with Crippen molar-refractivity contribution in [2.75, 3.05) is 21.3 Å². The first-order valence-corrected chi connectivity index (χ1v) is 11.6. The highest BCUT2D eigenvalue weighted by molar-refractivity contribution is 5.93. The van der Waals surface area contributed by atoms with Crippen LogP contribution in [0.3, 0.4) is 0 Å². The molecule has 3 aromatic rings. The number of aromatic hydroxyl groups is 1. The molecular weight excluding hydrogens is 440 g/mol. The third-order valence-corrected chi connectivity index (χ3v) is 5.55. The highest BCUT2D eigenvalue weighted by atomic mass is 16.3. The number of hydrogen-bond acceptors (Lipinski definition) is 5. The number of benzene rings is 3. The van der Waals surface area contributed by atoms with Gasteiger partial charge in [-0.25, -0.2) is 0 Å². The van der Waals surface area contributed by atoms with Crippen molar-refractivity contribution in [3.05, 3.63) is 77.4 Å². The third kappa shape index (κ3) is 6.99. The summed E-state index contributed by atoms with van der Waals surface area (Å²) in [5.74, 6) is -0.0959. The van der Waals surface area contributed by atoms with Crippen LogP contribution in [0.25, 0.3) is 0 Å². The summed E-state index contributed by atoms with van der Waals surface area (Å²) in [6, 6.07) is 19.0. The maximum Gasteiger partial charge on any atom is 0.221 e. The summed E-state index contributed by atoms with van der Waals surface area (Å²) in [6.07, 6.45) is 0. The molecule has 0 unspecified atom stereocenters. The smallest absolute Gasteiger partial charge is 0.221 e. The van der Waals surface area contributed by atoms with Gasteiger partial charge >= 0.3 is 0 Å². The van der Waals surface area contributed by atoms with E-state index in [-0.39, 0.29) is 23.0 Å². The fourth-order valence-electron chi connectivity index (χ4n) is 3.72. The summed E-state index contributed by atoms with van der Waals surface area (Å²) in [7, 11) is 0. The number of nitrogens with one attached hydrogen (secondary N) is 4. The van der Waals surface area contributed by atoms with Crippen LogP contribution in [0.1, 0.15) is 51.3 Å². The number of carbonyl (C=O) groups excluding carboxylic acids is 2. The van der Waals surface area contributed by atoms with Gasteiger partial charge in [-0.3, -0.25) is 9.59 Å². The summed E-state index contributed by atoms with van der Waals surface area (Å²) in [5.41, 5.74) is 5.38. The lowest BCUT2D eigenvalue weighted by Gasteiger charge is -2.23. The van der Waals surface area contributed by atoms with Gasteiger partial charge in [0.2, 0.25) is 11.8 Å². The summed E-state index contributed by atoms with van der Waals surface area (Å²) in [4.78, 5) is 23.1. The Morgan fingerprint density at radius 2 is 1.09 bits per heavy atom. The molecule has 0 aliphatic carbocycles. The standard InChI is InChI=1S/C28H34N4O3/c1-18(33)31-25-12-8-6-10-23(25)29-16-20-14-22(28(3,4)5)15-21(27(20)35)17-30-24-11-7-9-13-26(24)32-19(2)34/h6-15,29-30,35H,16-17H2,1-5H3,(H,31,33)(H,32,34). The molecule has 0 saturated heterocycles. The van der Waals surface area contributed by atoms with Crippen LogP contribution in [0.2, 0.25) is 0 Å². The van der Waals surface area contributed by atoms with Crippen LogP contribution in [0.4, 0.5) is 22.7 Å². The Morgan fingerprint density at radius 3 is 1.43 bits per heavy atom. The van der Waals surface area contributed by atoms with Gasteiger partial charge in [-0.1, -0.05) is 45.0 Å². The minimum atomic E-state index is -0.148. The maximum absolute atomic E-state index is 11.6. The second-order valence-corrected chi connectivity index (χ2v) is 9.55. The second kappa shape index (κ2) is 11.0. The van der Waals surface area contributed by atoms with Gasteiger partial charge in [0, 0.05) is 38.1 Å². The van der Waals surface area contributed by atoms with E-state index in [0.29, 0.717) is 24.5 Å². The van der Waals surface area contributed by atoms with E-state index < -0.39 is 0 Å². The van der Waals surface area contributed by atoms with Crippen molar-refractivity contribution >= 4 is 34.6 Å². The first-order chi connectivity index (χ1) is 16.5. The molecule has 7 heteroatoms. The largest absolute Gasteiger partial charge is 0.507 e. The number of para-hydroxylation sites is 4. The fraction of sp³-hybridized carbons (Fsp3) is 0.286. The molecule has 0 aliphatic rings. The van der Waals surface area contributed by atoms with Crippen molar-refractivity contribution in [3.8, 4) is 5.75 Å². The quantitative estimate of drug-likeness (QED) is 0.283. The zero-order chi connectivity index (χ0) is 25.6. The van der Waals surface area contributed by atoms with E-state index in [4.69, 9.17) is 0 Å². The third-order valence-electron chi connectivity index (χ3n) is 5.55. The molecule has 0 atom stereocenters. The van der Waals surface area contributed by atoms with Gasteiger partial charge in [0.25, 0.3) is 0 Å². The molecule has 3 aromatic carbocycles. The van der Waals surface area contributed by atoms with Crippen molar-refractivity contribution in [1.29, 1.82) is 0 Å². The van der Waals surface area contributed by atoms with E-state index >= 15 is 0 Å². The number of phenolic OH excluding ortho intramolecular Hbond substituents is 1. The minimum absolute atomic E-state index is 0.126. The molecule has 0 radical (unpaired) electrons. The van der Waals surface area contributed by atoms with Crippen LogP contribution in [0.5, 0.6) is 5.75 Å². The van der Waals surface area contributed by atoms with Gasteiger partial charge in [0.05, 0.1) is 22.7 Å². The molecule has 35 heavy (non-hydrogen) atoms. The van der Waals surface area contributed by atoms with Crippen LogP contribution >= 0.6 is 0 Å². The van der Waals surface area contributed by atoms with Crippen molar-refractivity contribution < 1.29 is 14.7 Å². The number of hydrogen-bond donors (Lipinski definition) is 5. The first kappa shape index (κ1) is 25.6. The highest BCUT2D eigenvalue weighted by Crippen LogP contribution is 2.33. The van der Waals surface area contributed by atoms with E-state index in [9.17, 15) is 14.7 Å². The number of phenols is 1. The van der Waals surface area contributed by atoms with Crippen LogP contribution in [0, 0.1) is 0 Å². The number of amides is 2. The molecule has 0 aromatic heterocycles. The molecular formula is C28H34N4O3. The second-order valence-electron chi connectivity index (χ2n) is 9.55. The van der Waals surface area contributed by atoms with Gasteiger partial charge in [-0.05, 0) is 47.4 Å². The molecule has 7 nitrogen and oxygen atoms in total. The predicted octanol–water partition coefficient (Wildman–Crippen LogP) is 5.83. The van der Waals surface area contributed by atoms with Gasteiger partial charge in [-0.15, -0.1) is 0 Å². The van der Waals surface area contributed by atoms with Gasteiger partial charge in [0.15, 0.2) is 0 Å². The monoisotopic (exact) mass is 474 g/mol. The van der Waals surface area contributed by atoms with Crippen LogP contribution in [-0.2, 0) is 28.1 Å². The Bertz CT molecular complexity index is 1130. The highest BCUT2D eigenvalue weighted by Gasteiger charge is 2.19. The Morgan fingerprint density at radius 1 is 0.714 bits per heavy atom. The van der Waals surface area contributed by atoms with Crippen molar-refractivity contribution in [1.82, 2.24) is 0 Å². The van der Waals surface area contributed by atoms with E-state index in [1.54, 1.807) is 0 Å². The molecule has 5 N–H and O–H groups in total. The summed E-state index contributed by atoms with van der Waals surface area (Å²) < 4.78 is 0. The van der Waals surface area contributed by atoms with Gasteiger partial charge < -0.3 is 26.4 Å². The van der Waals surface area contributed by atoms with Gasteiger partial charge in [0.1, 0.15) is 5.75 Å². The number of rotatable bonds is 8. The zero-order valence-corrected chi connectivity index (χ0v) is 21.0. The SMILES string of the molecule is CC(=O)Nc1ccccc1NCc1cc(C(C)(C)C)cc(CNc2ccccc2NC(C)=O)c1O. The van der Waals surface area contributed by atoms with Crippen molar-refractivity contribution in [3.63, 3.8) is 0 Å².